The molecule has 0 aliphatic heterocycles. The highest BCUT2D eigenvalue weighted by molar-refractivity contribution is 9.10. The molecule has 0 fully saturated rings. The minimum absolute atomic E-state index is 0.821. The molecular formula is C11H12BrN3S. The summed E-state index contributed by atoms with van der Waals surface area (Å²) in [6.45, 7) is 3.96. The zero-order valence-corrected chi connectivity index (χ0v) is 11.3. The number of hydrogen-bond donors (Lipinski definition) is 0. The molecule has 0 saturated heterocycles. The number of halogens is 1. The molecule has 2 rings (SSSR count). The van der Waals surface area contributed by atoms with Gasteiger partial charge in [0.15, 0.2) is 0 Å². The Balaban J connectivity index is 2.16. The van der Waals surface area contributed by atoms with Gasteiger partial charge in [-0.25, -0.2) is 9.97 Å². The van der Waals surface area contributed by atoms with Gasteiger partial charge in [0.25, 0.3) is 0 Å². The van der Waals surface area contributed by atoms with Crippen LogP contribution in [0.3, 0.4) is 0 Å². The minimum Gasteiger partial charge on any atom is -0.352 e. The molecule has 84 valence electrons. The number of rotatable bonds is 4. The predicted molar refractivity (Wildman–Crippen MR) is 70.8 cm³/mol. The Morgan fingerprint density at radius 1 is 1.44 bits per heavy atom. The average Bonchev–Trinajstić information content (AvgIpc) is 2.78. The maximum absolute atomic E-state index is 4.28. The normalized spacial score (nSPS) is 10.4. The first-order valence-corrected chi connectivity index (χ1v) is 6.71. The zero-order valence-electron chi connectivity index (χ0n) is 8.93. The van der Waals surface area contributed by atoms with Crippen molar-refractivity contribution in [3.63, 3.8) is 0 Å². The van der Waals surface area contributed by atoms with E-state index in [1.54, 1.807) is 17.7 Å². The first-order chi connectivity index (χ1) is 7.79. The van der Waals surface area contributed by atoms with Gasteiger partial charge in [0, 0.05) is 17.5 Å². The average molecular weight is 298 g/mol. The summed E-state index contributed by atoms with van der Waals surface area (Å²) in [5.74, 6) is 0.956. The van der Waals surface area contributed by atoms with Crippen LogP contribution in [0.2, 0.25) is 0 Å². The van der Waals surface area contributed by atoms with Crippen molar-refractivity contribution in [1.29, 1.82) is 0 Å². The maximum Gasteiger partial charge on any atom is 0.133 e. The monoisotopic (exact) mass is 297 g/mol. The van der Waals surface area contributed by atoms with Crippen molar-refractivity contribution in [3.8, 4) is 0 Å². The van der Waals surface area contributed by atoms with Gasteiger partial charge in [0.2, 0.25) is 0 Å². The molecule has 3 nitrogen and oxygen atoms in total. The van der Waals surface area contributed by atoms with Crippen LogP contribution in [0.15, 0.2) is 34.5 Å². The van der Waals surface area contributed by atoms with Crippen LogP contribution in [-0.2, 0) is 6.54 Å². The molecule has 0 aromatic carbocycles. The fraction of sp³-hybridized carbons (Fsp3) is 0.273. The van der Waals surface area contributed by atoms with Gasteiger partial charge in [-0.05, 0) is 34.3 Å². The molecule has 2 aromatic heterocycles. The van der Waals surface area contributed by atoms with E-state index in [4.69, 9.17) is 0 Å². The molecule has 5 heteroatoms. The van der Waals surface area contributed by atoms with Gasteiger partial charge in [-0.1, -0.05) is 6.07 Å². The Morgan fingerprint density at radius 3 is 2.94 bits per heavy atom. The van der Waals surface area contributed by atoms with Crippen molar-refractivity contribution in [1.82, 2.24) is 9.97 Å². The lowest BCUT2D eigenvalue weighted by Crippen LogP contribution is -2.22. The van der Waals surface area contributed by atoms with E-state index in [1.165, 1.54) is 4.88 Å². The molecule has 16 heavy (non-hydrogen) atoms. The second-order valence-electron chi connectivity index (χ2n) is 3.29. The number of thiophene rings is 1. The molecule has 0 aliphatic carbocycles. The van der Waals surface area contributed by atoms with E-state index in [0.717, 1.165) is 23.5 Å². The summed E-state index contributed by atoms with van der Waals surface area (Å²) in [4.78, 5) is 11.9. The fourth-order valence-corrected chi connectivity index (χ4v) is 2.46. The highest BCUT2D eigenvalue weighted by Crippen LogP contribution is 2.19. The highest BCUT2D eigenvalue weighted by atomic mass is 79.9. The summed E-state index contributed by atoms with van der Waals surface area (Å²) in [6.07, 6.45) is 1.58. The van der Waals surface area contributed by atoms with Crippen molar-refractivity contribution in [3.05, 3.63) is 39.4 Å². The number of aromatic nitrogens is 2. The van der Waals surface area contributed by atoms with Gasteiger partial charge in [0.1, 0.15) is 16.7 Å². The molecule has 0 N–H and O–H groups in total. The van der Waals surface area contributed by atoms with Crippen molar-refractivity contribution in [2.75, 3.05) is 11.4 Å². The van der Waals surface area contributed by atoms with E-state index in [1.807, 2.05) is 6.07 Å². The quantitative estimate of drug-likeness (QED) is 0.811. The summed E-state index contributed by atoms with van der Waals surface area (Å²) in [7, 11) is 0. The van der Waals surface area contributed by atoms with Crippen LogP contribution in [0.5, 0.6) is 0 Å². The second kappa shape index (κ2) is 5.41. The summed E-state index contributed by atoms with van der Waals surface area (Å²) in [6, 6.07) is 6.16. The summed E-state index contributed by atoms with van der Waals surface area (Å²) in [5.41, 5.74) is 0. The van der Waals surface area contributed by atoms with Crippen molar-refractivity contribution in [2.45, 2.75) is 13.5 Å². The van der Waals surface area contributed by atoms with Crippen LogP contribution >= 0.6 is 27.3 Å². The largest absolute Gasteiger partial charge is 0.352 e. The van der Waals surface area contributed by atoms with Crippen molar-refractivity contribution >= 4 is 33.1 Å². The third kappa shape index (κ3) is 2.80. The smallest absolute Gasteiger partial charge is 0.133 e. The summed E-state index contributed by atoms with van der Waals surface area (Å²) >= 11 is 5.13. The van der Waals surface area contributed by atoms with Crippen LogP contribution in [0.4, 0.5) is 5.82 Å². The van der Waals surface area contributed by atoms with Crippen LogP contribution in [-0.4, -0.2) is 16.5 Å². The van der Waals surface area contributed by atoms with E-state index >= 15 is 0 Å². The Labute approximate surface area is 107 Å². The SMILES string of the molecule is CCN(Cc1cccs1)c1cc(Br)ncn1. The van der Waals surface area contributed by atoms with E-state index < -0.39 is 0 Å². The highest BCUT2D eigenvalue weighted by Gasteiger charge is 2.07. The summed E-state index contributed by atoms with van der Waals surface area (Å²) < 4.78 is 0.821. The lowest BCUT2D eigenvalue weighted by Gasteiger charge is -2.20. The number of nitrogens with zero attached hydrogens (tertiary/aromatic N) is 3. The fourth-order valence-electron chi connectivity index (χ4n) is 1.44. The van der Waals surface area contributed by atoms with Crippen molar-refractivity contribution in [2.24, 2.45) is 0 Å². The van der Waals surface area contributed by atoms with Gasteiger partial charge >= 0.3 is 0 Å². The third-order valence-corrected chi connectivity index (χ3v) is 3.55. The van der Waals surface area contributed by atoms with E-state index in [2.05, 4.69) is 55.2 Å². The molecule has 0 amide bonds. The van der Waals surface area contributed by atoms with Crippen molar-refractivity contribution < 1.29 is 0 Å². The molecule has 2 heterocycles. The maximum atomic E-state index is 4.28. The Morgan fingerprint density at radius 2 is 2.31 bits per heavy atom. The number of anilines is 1. The van der Waals surface area contributed by atoms with Gasteiger partial charge < -0.3 is 4.90 Å². The molecule has 0 unspecified atom stereocenters. The lowest BCUT2D eigenvalue weighted by molar-refractivity contribution is 0.818. The number of hydrogen-bond acceptors (Lipinski definition) is 4. The van der Waals surface area contributed by atoms with Crippen LogP contribution in [0.25, 0.3) is 0 Å². The van der Waals surface area contributed by atoms with E-state index in [9.17, 15) is 0 Å². The Bertz CT molecular complexity index is 444. The third-order valence-electron chi connectivity index (χ3n) is 2.25. The molecule has 2 aromatic rings. The zero-order chi connectivity index (χ0) is 11.4. The Kier molecular flexibility index (Phi) is 3.90. The molecule has 0 spiro atoms. The van der Waals surface area contributed by atoms with Gasteiger partial charge in [-0.3, -0.25) is 0 Å². The van der Waals surface area contributed by atoms with E-state index in [0.29, 0.717) is 0 Å². The van der Waals surface area contributed by atoms with Gasteiger partial charge in [-0.2, -0.15) is 0 Å². The lowest BCUT2D eigenvalue weighted by atomic mass is 10.4. The molecular weight excluding hydrogens is 286 g/mol. The minimum atomic E-state index is 0.821. The molecule has 0 saturated carbocycles. The molecule has 0 radical (unpaired) electrons. The first-order valence-electron chi connectivity index (χ1n) is 5.04. The molecule has 0 aliphatic rings. The standard InChI is InChI=1S/C11H12BrN3S/c1-2-15(7-9-4-3-5-16-9)11-6-10(12)13-8-14-11/h3-6,8H,2,7H2,1H3. The summed E-state index contributed by atoms with van der Waals surface area (Å²) in [5, 5.41) is 2.10. The Hall–Kier alpha value is -0.940. The van der Waals surface area contributed by atoms with Gasteiger partial charge in [-0.15, -0.1) is 11.3 Å². The molecule has 0 atom stereocenters. The van der Waals surface area contributed by atoms with E-state index in [-0.39, 0.29) is 0 Å². The van der Waals surface area contributed by atoms with Crippen LogP contribution in [0, 0.1) is 0 Å². The topological polar surface area (TPSA) is 29.0 Å². The van der Waals surface area contributed by atoms with Gasteiger partial charge in [0.05, 0.1) is 6.54 Å². The van der Waals surface area contributed by atoms with Crippen LogP contribution < -0.4 is 4.90 Å². The first kappa shape index (κ1) is 11.5. The van der Waals surface area contributed by atoms with Crippen LogP contribution in [0.1, 0.15) is 11.8 Å². The second-order valence-corrected chi connectivity index (χ2v) is 5.14. The predicted octanol–water partition coefficient (Wildman–Crippen LogP) is 3.33. The molecule has 0 bridgehead atoms.